The number of hydrogen-bond acceptors (Lipinski definition) is 3. The highest BCUT2D eigenvalue weighted by molar-refractivity contribution is 6.06. The molecule has 2 aliphatic heterocycles. The fourth-order valence-corrected chi connectivity index (χ4v) is 3.22. The summed E-state index contributed by atoms with van der Waals surface area (Å²) in [6.45, 7) is 7.57. The van der Waals surface area contributed by atoms with Gasteiger partial charge < -0.3 is 15.1 Å². The van der Waals surface area contributed by atoms with Gasteiger partial charge in [-0.2, -0.15) is 0 Å². The van der Waals surface area contributed by atoms with Crippen molar-refractivity contribution in [2.75, 3.05) is 36.0 Å². The van der Waals surface area contributed by atoms with Crippen LogP contribution in [0.15, 0.2) is 18.2 Å². The Labute approximate surface area is 114 Å². The quantitative estimate of drug-likeness (QED) is 0.872. The number of nitrogens with one attached hydrogen (secondary N) is 1. The van der Waals surface area contributed by atoms with Gasteiger partial charge >= 0.3 is 0 Å². The SMILES string of the molecule is CCc1cccc2c1N(CC)C(=O)C1CNCCN21. The number of nitrogens with zero attached hydrogens (tertiary/aromatic N) is 2. The number of aryl methyl sites for hydroxylation is 1. The molecule has 1 amide bonds. The first-order valence-corrected chi connectivity index (χ1v) is 7.18. The minimum atomic E-state index is -0.0340. The summed E-state index contributed by atoms with van der Waals surface area (Å²) < 4.78 is 0. The van der Waals surface area contributed by atoms with Crippen molar-refractivity contribution in [3.63, 3.8) is 0 Å². The lowest BCUT2D eigenvalue weighted by Crippen LogP contribution is -2.62. The van der Waals surface area contributed by atoms with Gasteiger partial charge in [0.05, 0.1) is 11.4 Å². The van der Waals surface area contributed by atoms with Crippen LogP contribution in [0.5, 0.6) is 0 Å². The number of piperazine rings is 1. The van der Waals surface area contributed by atoms with E-state index in [1.807, 2.05) is 4.90 Å². The molecule has 0 bridgehead atoms. The molecule has 1 N–H and O–H groups in total. The third kappa shape index (κ3) is 1.82. The zero-order valence-corrected chi connectivity index (χ0v) is 11.6. The van der Waals surface area contributed by atoms with Gasteiger partial charge in [-0.1, -0.05) is 19.1 Å². The predicted molar refractivity (Wildman–Crippen MR) is 77.9 cm³/mol. The Balaban J connectivity index is 2.15. The average Bonchev–Trinajstić information content (AvgIpc) is 2.47. The smallest absolute Gasteiger partial charge is 0.251 e. The molecule has 0 aromatic heterocycles. The Bertz CT molecular complexity index is 500. The van der Waals surface area contributed by atoms with Gasteiger partial charge in [-0.25, -0.2) is 0 Å². The van der Waals surface area contributed by atoms with Crippen molar-refractivity contribution in [1.29, 1.82) is 0 Å². The van der Waals surface area contributed by atoms with Crippen LogP contribution in [0.3, 0.4) is 0 Å². The van der Waals surface area contributed by atoms with Crippen LogP contribution < -0.4 is 15.1 Å². The van der Waals surface area contributed by atoms with E-state index in [1.54, 1.807) is 0 Å². The summed E-state index contributed by atoms with van der Waals surface area (Å²) in [6.07, 6.45) is 0.962. The fourth-order valence-electron chi connectivity index (χ4n) is 3.22. The Kier molecular flexibility index (Phi) is 3.19. The molecule has 0 spiro atoms. The zero-order valence-electron chi connectivity index (χ0n) is 11.6. The molecule has 0 radical (unpaired) electrons. The van der Waals surface area contributed by atoms with Gasteiger partial charge in [-0.3, -0.25) is 4.79 Å². The lowest BCUT2D eigenvalue weighted by atomic mass is 9.99. The van der Waals surface area contributed by atoms with Gasteiger partial charge in [-0.05, 0) is 25.0 Å². The maximum atomic E-state index is 12.7. The van der Waals surface area contributed by atoms with Gasteiger partial charge in [-0.15, -0.1) is 0 Å². The molecular formula is C15H21N3O. The van der Waals surface area contributed by atoms with E-state index in [1.165, 1.54) is 11.3 Å². The van der Waals surface area contributed by atoms with Crippen molar-refractivity contribution >= 4 is 17.3 Å². The zero-order chi connectivity index (χ0) is 13.4. The average molecular weight is 259 g/mol. The van der Waals surface area contributed by atoms with Crippen molar-refractivity contribution in [2.45, 2.75) is 26.3 Å². The first-order chi connectivity index (χ1) is 9.27. The van der Waals surface area contributed by atoms with E-state index >= 15 is 0 Å². The first-order valence-electron chi connectivity index (χ1n) is 7.18. The Morgan fingerprint density at radius 2 is 2.21 bits per heavy atom. The molecule has 0 aliphatic carbocycles. The summed E-state index contributed by atoms with van der Waals surface area (Å²) in [6, 6.07) is 6.37. The summed E-state index contributed by atoms with van der Waals surface area (Å²) in [4.78, 5) is 16.9. The standard InChI is InChI=1S/C15H21N3O/c1-3-11-6-5-7-12-14(11)17(4-2)15(19)13-10-16-8-9-18(12)13/h5-7,13,16H,3-4,8-10H2,1-2H3. The molecule has 0 saturated carbocycles. The summed E-state index contributed by atoms with van der Waals surface area (Å²) in [5.41, 5.74) is 3.63. The van der Waals surface area contributed by atoms with E-state index in [2.05, 4.69) is 42.3 Å². The molecule has 102 valence electrons. The van der Waals surface area contributed by atoms with E-state index in [-0.39, 0.29) is 11.9 Å². The van der Waals surface area contributed by atoms with Gasteiger partial charge in [0.15, 0.2) is 0 Å². The highest BCUT2D eigenvalue weighted by atomic mass is 16.2. The molecule has 1 saturated heterocycles. The lowest BCUT2D eigenvalue weighted by Gasteiger charge is -2.46. The van der Waals surface area contributed by atoms with E-state index in [0.29, 0.717) is 0 Å². The van der Waals surface area contributed by atoms with Gasteiger partial charge in [0.2, 0.25) is 0 Å². The minimum absolute atomic E-state index is 0.0340. The van der Waals surface area contributed by atoms with Crippen molar-refractivity contribution in [3.8, 4) is 0 Å². The van der Waals surface area contributed by atoms with Crippen LogP contribution in [-0.2, 0) is 11.2 Å². The summed E-state index contributed by atoms with van der Waals surface area (Å²) >= 11 is 0. The molecule has 4 heteroatoms. The highest BCUT2D eigenvalue weighted by Crippen LogP contribution is 2.39. The summed E-state index contributed by atoms with van der Waals surface area (Å²) in [5, 5.41) is 3.33. The van der Waals surface area contributed by atoms with Crippen LogP contribution in [0.25, 0.3) is 0 Å². The van der Waals surface area contributed by atoms with Gasteiger partial charge in [0, 0.05) is 26.2 Å². The molecule has 3 rings (SSSR count). The largest absolute Gasteiger partial charge is 0.355 e. The molecule has 4 nitrogen and oxygen atoms in total. The molecule has 1 aromatic rings. The van der Waals surface area contributed by atoms with Gasteiger partial charge in [0.25, 0.3) is 5.91 Å². The van der Waals surface area contributed by atoms with Crippen molar-refractivity contribution < 1.29 is 4.79 Å². The van der Waals surface area contributed by atoms with E-state index < -0.39 is 0 Å². The number of amides is 1. The summed E-state index contributed by atoms with van der Waals surface area (Å²) in [7, 11) is 0. The maximum Gasteiger partial charge on any atom is 0.251 e. The fraction of sp³-hybridized carbons (Fsp3) is 0.533. The molecule has 1 unspecified atom stereocenters. The molecule has 2 heterocycles. The number of likely N-dealkylation sites (N-methyl/N-ethyl adjacent to an activating group) is 1. The van der Waals surface area contributed by atoms with Crippen LogP contribution in [-0.4, -0.2) is 38.1 Å². The van der Waals surface area contributed by atoms with E-state index in [4.69, 9.17) is 0 Å². The molecule has 2 aliphatic rings. The first kappa shape index (κ1) is 12.5. The topological polar surface area (TPSA) is 35.6 Å². The van der Waals surface area contributed by atoms with E-state index in [9.17, 15) is 4.79 Å². The predicted octanol–water partition coefficient (Wildman–Crippen LogP) is 1.39. The van der Waals surface area contributed by atoms with Crippen LogP contribution in [0, 0.1) is 0 Å². The van der Waals surface area contributed by atoms with Crippen molar-refractivity contribution in [2.24, 2.45) is 0 Å². The molecule has 1 atom stereocenters. The number of carbonyl (C=O) groups excluding carboxylic acids is 1. The molecule has 1 fully saturated rings. The molecular weight excluding hydrogens is 238 g/mol. The highest BCUT2D eigenvalue weighted by Gasteiger charge is 2.39. The van der Waals surface area contributed by atoms with Crippen LogP contribution in [0.4, 0.5) is 11.4 Å². The molecule has 1 aromatic carbocycles. The second kappa shape index (κ2) is 4.85. The number of anilines is 2. The lowest BCUT2D eigenvalue weighted by molar-refractivity contribution is -0.120. The number of fused-ring (bicyclic) bond motifs is 3. The third-order valence-electron chi connectivity index (χ3n) is 4.17. The number of benzene rings is 1. The number of hydrogen-bond donors (Lipinski definition) is 1. The van der Waals surface area contributed by atoms with E-state index in [0.717, 1.165) is 38.3 Å². The van der Waals surface area contributed by atoms with Crippen molar-refractivity contribution in [1.82, 2.24) is 5.32 Å². The van der Waals surface area contributed by atoms with Crippen LogP contribution in [0.1, 0.15) is 19.4 Å². The second-order valence-corrected chi connectivity index (χ2v) is 5.13. The minimum Gasteiger partial charge on any atom is -0.355 e. The van der Waals surface area contributed by atoms with Crippen LogP contribution in [0.2, 0.25) is 0 Å². The number of rotatable bonds is 2. The molecule has 19 heavy (non-hydrogen) atoms. The second-order valence-electron chi connectivity index (χ2n) is 5.13. The Morgan fingerprint density at radius 3 is 2.95 bits per heavy atom. The van der Waals surface area contributed by atoms with Crippen molar-refractivity contribution in [3.05, 3.63) is 23.8 Å². The monoisotopic (exact) mass is 259 g/mol. The normalized spacial score (nSPS) is 22.2. The van der Waals surface area contributed by atoms with Gasteiger partial charge in [0.1, 0.15) is 6.04 Å². The maximum absolute atomic E-state index is 12.7. The Hall–Kier alpha value is -1.55. The number of carbonyl (C=O) groups is 1. The number of para-hydroxylation sites is 1. The Morgan fingerprint density at radius 1 is 1.37 bits per heavy atom. The summed E-state index contributed by atoms with van der Waals surface area (Å²) in [5.74, 6) is 0.239. The third-order valence-corrected chi connectivity index (χ3v) is 4.17. The van der Waals surface area contributed by atoms with Crippen LogP contribution >= 0.6 is 0 Å².